The summed E-state index contributed by atoms with van der Waals surface area (Å²) in [7, 11) is -3.08. The van der Waals surface area contributed by atoms with Gasteiger partial charge < -0.3 is 15.3 Å². The Morgan fingerprint density at radius 3 is 3.00 bits per heavy atom. The topological polar surface area (TPSA) is 99.6 Å². The number of thioether (sulfide) groups is 1. The molecular weight excluding hydrogens is 358 g/mol. The molecule has 1 saturated heterocycles. The third-order valence-corrected chi connectivity index (χ3v) is 6.93. The van der Waals surface area contributed by atoms with E-state index in [9.17, 15) is 13.2 Å². The zero-order chi connectivity index (χ0) is 16.9. The quantitative estimate of drug-likeness (QED) is 0.723. The smallest absolute Gasteiger partial charge is 0.318 e. The number of carbonyl (C=O) groups is 1. The summed E-state index contributed by atoms with van der Waals surface area (Å²) in [5.41, 5.74) is 0.787. The van der Waals surface area contributed by atoms with Crippen molar-refractivity contribution in [1.82, 2.24) is 15.2 Å². The van der Waals surface area contributed by atoms with Crippen molar-refractivity contribution in [2.24, 2.45) is 0 Å². The number of urea groups is 1. The van der Waals surface area contributed by atoms with Gasteiger partial charge in [-0.1, -0.05) is 0 Å². The molecule has 1 aromatic rings. The van der Waals surface area contributed by atoms with Crippen LogP contribution in [0.3, 0.4) is 0 Å². The predicted molar refractivity (Wildman–Crippen MR) is 92.4 cm³/mol. The van der Waals surface area contributed by atoms with Crippen LogP contribution in [0.5, 0.6) is 0 Å². The minimum Gasteiger partial charge on any atom is -0.395 e. The fourth-order valence-corrected chi connectivity index (χ4v) is 5.71. The van der Waals surface area contributed by atoms with Gasteiger partial charge >= 0.3 is 6.03 Å². The first-order chi connectivity index (χ1) is 10.9. The Morgan fingerprint density at radius 2 is 2.39 bits per heavy atom. The van der Waals surface area contributed by atoms with E-state index in [1.165, 1.54) is 4.90 Å². The first kappa shape index (κ1) is 18.5. The number of rotatable bonds is 7. The van der Waals surface area contributed by atoms with Crippen molar-refractivity contribution in [3.05, 3.63) is 16.1 Å². The third kappa shape index (κ3) is 5.33. The number of hydrogen-bond donors (Lipinski definition) is 2. The Labute approximate surface area is 144 Å². The summed E-state index contributed by atoms with van der Waals surface area (Å²) in [4.78, 5) is 18.2. The predicted octanol–water partition coefficient (Wildman–Crippen LogP) is 0.697. The number of sulfone groups is 1. The Hall–Kier alpha value is -0.840. The lowest BCUT2D eigenvalue weighted by Gasteiger charge is -2.27. The monoisotopic (exact) mass is 379 g/mol. The van der Waals surface area contributed by atoms with Crippen molar-refractivity contribution >= 4 is 39.0 Å². The van der Waals surface area contributed by atoms with Gasteiger partial charge in [-0.15, -0.1) is 11.3 Å². The summed E-state index contributed by atoms with van der Waals surface area (Å²) in [6.45, 7) is 0.227. The lowest BCUT2D eigenvalue weighted by atomic mass is 10.2. The van der Waals surface area contributed by atoms with Gasteiger partial charge in [0.2, 0.25) is 0 Å². The molecule has 2 rings (SSSR count). The molecule has 0 saturated carbocycles. The molecule has 0 aliphatic carbocycles. The number of nitrogens with one attached hydrogen (secondary N) is 1. The maximum atomic E-state index is 12.3. The van der Waals surface area contributed by atoms with E-state index in [1.54, 1.807) is 23.1 Å². The van der Waals surface area contributed by atoms with Crippen LogP contribution in [-0.4, -0.2) is 66.4 Å². The van der Waals surface area contributed by atoms with E-state index < -0.39 is 9.84 Å². The highest BCUT2D eigenvalue weighted by atomic mass is 32.2. The SMILES string of the molecule is CSCc1nc(CNC(=O)N(CCO)C2CCS(=O)(=O)C2)cs1. The summed E-state index contributed by atoms with van der Waals surface area (Å²) in [5, 5.41) is 14.8. The number of aliphatic hydroxyl groups excluding tert-OH is 1. The van der Waals surface area contributed by atoms with Crippen molar-refractivity contribution in [3.8, 4) is 0 Å². The normalized spacial score (nSPS) is 19.7. The maximum Gasteiger partial charge on any atom is 0.318 e. The van der Waals surface area contributed by atoms with E-state index >= 15 is 0 Å². The Kier molecular flexibility index (Phi) is 6.69. The largest absolute Gasteiger partial charge is 0.395 e. The van der Waals surface area contributed by atoms with Crippen molar-refractivity contribution in [2.75, 3.05) is 30.9 Å². The second-order valence-electron chi connectivity index (χ2n) is 5.30. The van der Waals surface area contributed by atoms with Crippen LogP contribution in [0.15, 0.2) is 5.38 Å². The van der Waals surface area contributed by atoms with E-state index in [0.717, 1.165) is 16.5 Å². The number of aliphatic hydroxyl groups is 1. The highest BCUT2D eigenvalue weighted by Crippen LogP contribution is 2.18. The third-order valence-electron chi connectivity index (χ3n) is 3.54. The van der Waals surface area contributed by atoms with E-state index in [0.29, 0.717) is 13.0 Å². The van der Waals surface area contributed by atoms with Crippen LogP contribution in [0.25, 0.3) is 0 Å². The molecule has 2 heterocycles. The van der Waals surface area contributed by atoms with E-state index in [4.69, 9.17) is 5.11 Å². The fourth-order valence-electron chi connectivity index (χ4n) is 2.47. The van der Waals surface area contributed by atoms with Crippen molar-refractivity contribution in [1.29, 1.82) is 0 Å². The number of carbonyl (C=O) groups excluding carboxylic acids is 1. The summed E-state index contributed by atoms with van der Waals surface area (Å²) < 4.78 is 23.2. The molecule has 1 aromatic heterocycles. The summed E-state index contributed by atoms with van der Waals surface area (Å²) in [5.74, 6) is 0.904. The average Bonchev–Trinajstić information content (AvgIpc) is 3.09. The minimum absolute atomic E-state index is 0.0327. The van der Waals surface area contributed by atoms with E-state index in [1.807, 2.05) is 11.6 Å². The van der Waals surface area contributed by atoms with Crippen molar-refractivity contribution in [2.45, 2.75) is 24.8 Å². The van der Waals surface area contributed by atoms with Crippen molar-refractivity contribution in [3.63, 3.8) is 0 Å². The zero-order valence-corrected chi connectivity index (χ0v) is 15.3. The van der Waals surface area contributed by atoms with Gasteiger partial charge in [-0.3, -0.25) is 0 Å². The number of amides is 2. The molecular formula is C13H21N3O4S3. The molecule has 1 atom stereocenters. The first-order valence-electron chi connectivity index (χ1n) is 7.23. The van der Waals surface area contributed by atoms with Gasteiger partial charge in [0.15, 0.2) is 9.84 Å². The summed E-state index contributed by atoms with van der Waals surface area (Å²) in [6, 6.07) is -0.727. The van der Waals surface area contributed by atoms with Crippen LogP contribution < -0.4 is 5.32 Å². The van der Waals surface area contributed by atoms with Crippen molar-refractivity contribution < 1.29 is 18.3 Å². The lowest BCUT2D eigenvalue weighted by Crippen LogP contribution is -2.47. The van der Waals surface area contributed by atoms with Gasteiger partial charge in [-0.05, 0) is 12.7 Å². The molecule has 0 radical (unpaired) electrons. The number of aromatic nitrogens is 1. The second-order valence-corrected chi connectivity index (χ2v) is 9.34. The molecule has 7 nitrogen and oxygen atoms in total. The van der Waals surface area contributed by atoms with Crippen LogP contribution in [0, 0.1) is 0 Å². The van der Waals surface area contributed by atoms with Crippen LogP contribution in [0.4, 0.5) is 4.79 Å². The molecule has 0 aromatic carbocycles. The van der Waals surface area contributed by atoms with Gasteiger partial charge in [0.1, 0.15) is 5.01 Å². The molecule has 1 fully saturated rings. The molecule has 10 heteroatoms. The van der Waals surface area contributed by atoms with E-state index in [-0.39, 0.29) is 36.7 Å². The number of hydrogen-bond acceptors (Lipinski definition) is 7. The minimum atomic E-state index is -3.08. The van der Waals surface area contributed by atoms with Gasteiger partial charge in [-0.25, -0.2) is 18.2 Å². The molecule has 2 N–H and O–H groups in total. The molecule has 23 heavy (non-hydrogen) atoms. The Bertz CT molecular complexity index is 632. The molecule has 0 spiro atoms. The first-order valence-corrected chi connectivity index (χ1v) is 11.3. The standard InChI is InChI=1S/C13H21N3O4S3/c1-21-8-12-15-10(7-22-12)6-14-13(18)16(3-4-17)11-2-5-23(19,20)9-11/h7,11,17H,2-6,8-9H2,1H3,(H,14,18). The number of nitrogens with zero attached hydrogens (tertiary/aromatic N) is 2. The molecule has 2 amide bonds. The summed E-state index contributed by atoms with van der Waals surface area (Å²) >= 11 is 3.24. The number of thiazole rings is 1. The lowest BCUT2D eigenvalue weighted by molar-refractivity contribution is 0.157. The molecule has 0 bridgehead atoms. The van der Waals surface area contributed by atoms with Gasteiger partial charge in [0.05, 0.1) is 30.4 Å². The van der Waals surface area contributed by atoms with Crippen LogP contribution in [-0.2, 0) is 22.1 Å². The zero-order valence-electron chi connectivity index (χ0n) is 12.9. The Morgan fingerprint density at radius 1 is 1.61 bits per heavy atom. The summed E-state index contributed by atoms with van der Waals surface area (Å²) in [6.07, 6.45) is 2.43. The van der Waals surface area contributed by atoms with E-state index in [2.05, 4.69) is 10.3 Å². The molecule has 1 aliphatic heterocycles. The highest BCUT2D eigenvalue weighted by molar-refractivity contribution is 7.97. The molecule has 1 aliphatic rings. The second kappa shape index (κ2) is 8.32. The molecule has 1 unspecified atom stereocenters. The van der Waals surface area contributed by atoms with Gasteiger partial charge in [0, 0.05) is 23.7 Å². The van der Waals surface area contributed by atoms with Gasteiger partial charge in [0.25, 0.3) is 0 Å². The molecule has 130 valence electrons. The maximum absolute atomic E-state index is 12.3. The average molecular weight is 380 g/mol. The van der Waals surface area contributed by atoms with Crippen LogP contribution >= 0.6 is 23.1 Å². The van der Waals surface area contributed by atoms with Crippen LogP contribution in [0.2, 0.25) is 0 Å². The Balaban J connectivity index is 1.92. The van der Waals surface area contributed by atoms with Crippen LogP contribution in [0.1, 0.15) is 17.1 Å². The fraction of sp³-hybridized carbons (Fsp3) is 0.692. The highest BCUT2D eigenvalue weighted by Gasteiger charge is 2.34. The van der Waals surface area contributed by atoms with Gasteiger partial charge in [-0.2, -0.15) is 11.8 Å².